The SMILES string of the molecule is CCOC(=O)c1c(NC(=O)CSc2nnc(CNC(=O)c3ccc(OC)cc3)n2-c2ccc([N+](=O)[O-])cc2)sc2c1CCC2. The summed E-state index contributed by atoms with van der Waals surface area (Å²) in [6.07, 6.45) is 2.58. The molecule has 0 radical (unpaired) electrons. The van der Waals surface area contributed by atoms with E-state index in [0.717, 1.165) is 41.5 Å². The molecular formula is C29H28N6O7S2. The van der Waals surface area contributed by atoms with Gasteiger partial charge in [-0.05, 0) is 68.1 Å². The lowest BCUT2D eigenvalue weighted by atomic mass is 10.1. The number of nitrogens with zero attached hydrogens (tertiary/aromatic N) is 4. The minimum atomic E-state index is -0.503. The Labute approximate surface area is 260 Å². The number of carbonyl (C=O) groups is 3. The minimum absolute atomic E-state index is 0.00867. The van der Waals surface area contributed by atoms with Crippen LogP contribution in [0.3, 0.4) is 0 Å². The molecule has 4 aromatic rings. The highest BCUT2D eigenvalue weighted by Crippen LogP contribution is 2.39. The van der Waals surface area contributed by atoms with Crippen molar-refractivity contribution < 1.29 is 28.8 Å². The van der Waals surface area contributed by atoms with Crippen LogP contribution in [0.4, 0.5) is 10.7 Å². The molecule has 1 aliphatic rings. The number of non-ortho nitro benzene ring substituents is 1. The van der Waals surface area contributed by atoms with Crippen LogP contribution in [0.25, 0.3) is 5.69 Å². The van der Waals surface area contributed by atoms with E-state index in [9.17, 15) is 24.5 Å². The van der Waals surface area contributed by atoms with E-state index in [1.807, 2.05) is 0 Å². The minimum Gasteiger partial charge on any atom is -0.497 e. The van der Waals surface area contributed by atoms with Gasteiger partial charge in [-0.3, -0.25) is 24.3 Å². The van der Waals surface area contributed by atoms with Gasteiger partial charge in [-0.1, -0.05) is 11.8 Å². The van der Waals surface area contributed by atoms with Crippen LogP contribution in [0, 0.1) is 10.1 Å². The monoisotopic (exact) mass is 636 g/mol. The first-order valence-corrected chi connectivity index (χ1v) is 15.4. The highest BCUT2D eigenvalue weighted by atomic mass is 32.2. The normalized spacial score (nSPS) is 12.0. The summed E-state index contributed by atoms with van der Waals surface area (Å²) in [4.78, 5) is 50.3. The number of carbonyl (C=O) groups excluding carboxylic acids is 3. The van der Waals surface area contributed by atoms with Crippen LogP contribution < -0.4 is 15.4 Å². The van der Waals surface area contributed by atoms with E-state index in [4.69, 9.17) is 9.47 Å². The van der Waals surface area contributed by atoms with E-state index >= 15 is 0 Å². The number of rotatable bonds is 12. The maximum atomic E-state index is 13.1. The summed E-state index contributed by atoms with van der Waals surface area (Å²) in [7, 11) is 1.54. The van der Waals surface area contributed by atoms with Crippen molar-refractivity contribution in [1.29, 1.82) is 0 Å². The van der Waals surface area contributed by atoms with Crippen LogP contribution in [0.1, 0.15) is 50.3 Å². The fourth-order valence-electron chi connectivity index (χ4n) is 4.70. The molecule has 2 aromatic carbocycles. The van der Waals surface area contributed by atoms with Crippen LogP contribution in [0.5, 0.6) is 5.75 Å². The Balaban J connectivity index is 1.33. The summed E-state index contributed by atoms with van der Waals surface area (Å²) >= 11 is 2.49. The van der Waals surface area contributed by atoms with Crippen molar-refractivity contribution in [3.05, 3.63) is 86.0 Å². The van der Waals surface area contributed by atoms with Gasteiger partial charge in [-0.15, -0.1) is 21.5 Å². The van der Waals surface area contributed by atoms with E-state index in [1.165, 1.54) is 30.6 Å². The van der Waals surface area contributed by atoms with Crippen molar-refractivity contribution in [2.45, 2.75) is 37.9 Å². The number of hydrogen-bond acceptors (Lipinski definition) is 11. The quantitative estimate of drug-likeness (QED) is 0.0973. The van der Waals surface area contributed by atoms with Crippen molar-refractivity contribution in [2.75, 3.05) is 24.8 Å². The van der Waals surface area contributed by atoms with Crippen molar-refractivity contribution in [3.8, 4) is 11.4 Å². The average Bonchev–Trinajstić information content (AvgIpc) is 3.73. The van der Waals surface area contributed by atoms with E-state index in [2.05, 4.69) is 20.8 Å². The van der Waals surface area contributed by atoms with Gasteiger partial charge in [0.05, 0.1) is 36.5 Å². The second-order valence-electron chi connectivity index (χ2n) is 9.54. The molecule has 2 aromatic heterocycles. The van der Waals surface area contributed by atoms with Gasteiger partial charge in [0.2, 0.25) is 5.91 Å². The molecule has 0 spiro atoms. The fourth-order valence-corrected chi connectivity index (χ4v) is 6.76. The highest BCUT2D eigenvalue weighted by molar-refractivity contribution is 7.99. The topological polar surface area (TPSA) is 168 Å². The standard InChI is InChI=1S/C29H28N6O7S2/c1-3-42-28(38)25-21-5-4-6-22(21)44-27(25)31-24(36)16-43-29-33-32-23(34(29)18-9-11-19(12-10-18)35(39)40)15-30-26(37)17-7-13-20(41-2)14-8-17/h7-14H,3-6,15-16H2,1-2H3,(H,30,37)(H,31,36). The Bertz CT molecular complexity index is 1700. The molecule has 0 saturated heterocycles. The number of thioether (sulfide) groups is 1. The van der Waals surface area contributed by atoms with Crippen molar-refractivity contribution in [3.63, 3.8) is 0 Å². The third kappa shape index (κ3) is 6.73. The van der Waals surface area contributed by atoms with Crippen LogP contribution in [0.2, 0.25) is 0 Å². The summed E-state index contributed by atoms with van der Waals surface area (Å²) in [5.41, 5.74) is 2.20. The van der Waals surface area contributed by atoms with Crippen molar-refractivity contribution in [1.82, 2.24) is 20.1 Å². The number of ether oxygens (including phenoxy) is 2. The predicted octanol–water partition coefficient (Wildman–Crippen LogP) is 4.57. The summed E-state index contributed by atoms with van der Waals surface area (Å²) in [5.74, 6) is -0.246. The van der Waals surface area contributed by atoms with Crippen LogP contribution in [0.15, 0.2) is 53.7 Å². The van der Waals surface area contributed by atoms with Gasteiger partial charge < -0.3 is 20.1 Å². The molecule has 0 fully saturated rings. The zero-order valence-corrected chi connectivity index (χ0v) is 25.5. The molecular weight excluding hydrogens is 608 g/mol. The van der Waals surface area contributed by atoms with Gasteiger partial charge in [-0.2, -0.15) is 0 Å². The molecule has 0 saturated carbocycles. The molecule has 1 aliphatic carbocycles. The lowest BCUT2D eigenvalue weighted by Gasteiger charge is -2.11. The average molecular weight is 637 g/mol. The summed E-state index contributed by atoms with van der Waals surface area (Å²) in [5, 5.41) is 26.1. The van der Waals surface area contributed by atoms with Gasteiger partial charge in [-0.25, -0.2) is 4.79 Å². The number of fused-ring (bicyclic) bond motifs is 1. The lowest BCUT2D eigenvalue weighted by molar-refractivity contribution is -0.384. The number of anilines is 1. The number of nitrogens with one attached hydrogen (secondary N) is 2. The van der Waals surface area contributed by atoms with Gasteiger partial charge in [0.1, 0.15) is 10.8 Å². The zero-order chi connectivity index (χ0) is 31.2. The number of nitro groups is 1. The molecule has 5 rings (SSSR count). The number of methoxy groups -OCH3 is 1. The Kier molecular flexibility index (Phi) is 9.55. The maximum Gasteiger partial charge on any atom is 0.341 e. The van der Waals surface area contributed by atoms with Crippen molar-refractivity contribution in [2.24, 2.45) is 0 Å². The zero-order valence-electron chi connectivity index (χ0n) is 23.8. The number of esters is 1. The van der Waals surface area contributed by atoms with Crippen LogP contribution in [-0.4, -0.2) is 56.9 Å². The van der Waals surface area contributed by atoms with Crippen LogP contribution >= 0.6 is 23.1 Å². The number of hydrogen-bond donors (Lipinski definition) is 2. The molecule has 2 heterocycles. The molecule has 2 N–H and O–H groups in total. The van der Waals surface area contributed by atoms with Crippen molar-refractivity contribution >= 4 is 51.6 Å². The number of benzene rings is 2. The summed E-state index contributed by atoms with van der Waals surface area (Å²) in [6.45, 7) is 1.96. The Morgan fingerprint density at radius 1 is 1.09 bits per heavy atom. The predicted molar refractivity (Wildman–Crippen MR) is 164 cm³/mol. The first-order valence-electron chi connectivity index (χ1n) is 13.6. The molecule has 44 heavy (non-hydrogen) atoms. The van der Waals surface area contributed by atoms with E-state index < -0.39 is 10.9 Å². The second-order valence-corrected chi connectivity index (χ2v) is 11.6. The summed E-state index contributed by atoms with van der Waals surface area (Å²) in [6, 6.07) is 12.4. The first kappa shape index (κ1) is 30.7. The Hall–Kier alpha value is -4.76. The number of thiophene rings is 1. The molecule has 15 heteroatoms. The molecule has 0 unspecified atom stereocenters. The number of nitro benzene ring substituents is 1. The largest absolute Gasteiger partial charge is 0.497 e. The number of amides is 2. The maximum absolute atomic E-state index is 13.1. The molecule has 0 aliphatic heterocycles. The fraction of sp³-hybridized carbons (Fsp3) is 0.276. The van der Waals surface area contributed by atoms with E-state index in [-0.39, 0.29) is 36.4 Å². The van der Waals surface area contributed by atoms with Gasteiger partial charge in [0.15, 0.2) is 11.0 Å². The first-order chi connectivity index (χ1) is 21.3. The van der Waals surface area contributed by atoms with E-state index in [0.29, 0.717) is 38.5 Å². The van der Waals surface area contributed by atoms with Crippen LogP contribution in [-0.2, 0) is 28.9 Å². The highest BCUT2D eigenvalue weighted by Gasteiger charge is 2.28. The molecule has 228 valence electrons. The third-order valence-corrected chi connectivity index (χ3v) is 8.90. The molecule has 0 atom stereocenters. The molecule has 2 amide bonds. The number of aryl methyl sites for hydroxylation is 1. The van der Waals surface area contributed by atoms with Gasteiger partial charge in [0, 0.05) is 28.3 Å². The number of aromatic nitrogens is 3. The molecule has 0 bridgehead atoms. The van der Waals surface area contributed by atoms with Gasteiger partial charge in [0.25, 0.3) is 11.6 Å². The lowest BCUT2D eigenvalue weighted by Crippen LogP contribution is -2.24. The van der Waals surface area contributed by atoms with Gasteiger partial charge >= 0.3 is 5.97 Å². The molecule has 13 nitrogen and oxygen atoms in total. The second kappa shape index (κ2) is 13.7. The summed E-state index contributed by atoms with van der Waals surface area (Å²) < 4.78 is 12.0. The Morgan fingerprint density at radius 2 is 1.84 bits per heavy atom. The Morgan fingerprint density at radius 3 is 2.52 bits per heavy atom. The smallest absolute Gasteiger partial charge is 0.341 e. The third-order valence-electron chi connectivity index (χ3n) is 6.76. The van der Waals surface area contributed by atoms with E-state index in [1.54, 1.807) is 47.9 Å².